The molecule has 0 saturated heterocycles. The molecule has 1 unspecified atom stereocenters. The van der Waals surface area contributed by atoms with Crippen LogP contribution in [0.2, 0.25) is 5.02 Å². The Labute approximate surface area is 150 Å². The van der Waals surface area contributed by atoms with E-state index in [0.29, 0.717) is 10.6 Å². The number of halogens is 1. The fraction of sp³-hybridized carbons (Fsp3) is 0.588. The smallest absolute Gasteiger partial charge is 0.308 e. The Morgan fingerprint density at radius 1 is 1.25 bits per heavy atom. The molecule has 5 nitrogen and oxygen atoms in total. The Hall–Kier alpha value is -1.27. The molecule has 0 aromatic heterocycles. The van der Waals surface area contributed by atoms with Crippen LogP contribution in [-0.2, 0) is 21.5 Å². The van der Waals surface area contributed by atoms with Gasteiger partial charge in [-0.1, -0.05) is 32.4 Å². The molecule has 1 amide bonds. The number of hydrogen-bond acceptors (Lipinski definition) is 4. The summed E-state index contributed by atoms with van der Waals surface area (Å²) in [6.07, 6.45) is 0.794. The molecule has 0 radical (unpaired) electrons. The van der Waals surface area contributed by atoms with Crippen LogP contribution < -0.4 is 4.18 Å². The van der Waals surface area contributed by atoms with Crippen molar-refractivity contribution in [1.82, 2.24) is 4.90 Å². The minimum atomic E-state index is -3.65. The van der Waals surface area contributed by atoms with Crippen molar-refractivity contribution in [2.24, 2.45) is 5.92 Å². The van der Waals surface area contributed by atoms with Gasteiger partial charge in [0.15, 0.2) is 0 Å². The molecule has 0 bridgehead atoms. The van der Waals surface area contributed by atoms with E-state index < -0.39 is 10.1 Å². The second-order valence-electron chi connectivity index (χ2n) is 6.06. The van der Waals surface area contributed by atoms with E-state index in [9.17, 15) is 13.2 Å². The fourth-order valence-electron chi connectivity index (χ4n) is 2.14. The lowest BCUT2D eigenvalue weighted by Crippen LogP contribution is -2.40. The standard InChI is InChI=1S/C17H26ClNO4S/c1-6-13(5)19(17(20)12(3)4)11-14-10-15(18)8-9-16(14)23-24(21,22)7-2/h8-10,12-13H,6-7,11H2,1-5H3. The summed E-state index contributed by atoms with van der Waals surface area (Å²) in [6, 6.07) is 4.77. The van der Waals surface area contributed by atoms with Crippen LogP contribution in [0, 0.1) is 5.92 Å². The van der Waals surface area contributed by atoms with E-state index in [2.05, 4.69) is 0 Å². The molecule has 0 heterocycles. The molecular formula is C17H26ClNO4S. The van der Waals surface area contributed by atoms with Gasteiger partial charge in [-0.3, -0.25) is 4.79 Å². The molecule has 1 rings (SSSR count). The summed E-state index contributed by atoms with van der Waals surface area (Å²) in [5, 5.41) is 0.465. The first-order valence-corrected chi connectivity index (χ1v) is 10.1. The van der Waals surface area contributed by atoms with Crippen molar-refractivity contribution < 1.29 is 17.4 Å². The Kier molecular flexibility index (Phi) is 7.55. The average molecular weight is 376 g/mol. The number of rotatable bonds is 8. The van der Waals surface area contributed by atoms with Gasteiger partial charge in [0.25, 0.3) is 0 Å². The molecule has 0 fully saturated rings. The largest absolute Gasteiger partial charge is 0.382 e. The number of hydrogen-bond donors (Lipinski definition) is 0. The zero-order chi connectivity index (χ0) is 18.5. The highest BCUT2D eigenvalue weighted by Gasteiger charge is 2.24. The SMILES string of the molecule is CCC(C)N(Cc1cc(Cl)ccc1OS(=O)(=O)CC)C(=O)C(C)C. The average Bonchev–Trinajstić information content (AvgIpc) is 2.53. The van der Waals surface area contributed by atoms with Gasteiger partial charge in [-0.05, 0) is 38.5 Å². The summed E-state index contributed by atoms with van der Waals surface area (Å²) in [5.74, 6) is -0.0589. The van der Waals surface area contributed by atoms with Crippen LogP contribution in [0.5, 0.6) is 5.75 Å². The van der Waals surface area contributed by atoms with Crippen LogP contribution in [0.3, 0.4) is 0 Å². The minimum Gasteiger partial charge on any atom is -0.382 e. The van der Waals surface area contributed by atoms with Gasteiger partial charge in [-0.2, -0.15) is 8.42 Å². The summed E-state index contributed by atoms with van der Waals surface area (Å²) >= 11 is 6.05. The van der Waals surface area contributed by atoms with Gasteiger partial charge in [-0.15, -0.1) is 0 Å². The third kappa shape index (κ3) is 5.67. The number of carbonyl (C=O) groups excluding carboxylic acids is 1. The van der Waals surface area contributed by atoms with Crippen LogP contribution in [-0.4, -0.2) is 31.0 Å². The van der Waals surface area contributed by atoms with Crippen molar-refractivity contribution in [3.8, 4) is 5.75 Å². The van der Waals surface area contributed by atoms with Crippen molar-refractivity contribution in [1.29, 1.82) is 0 Å². The minimum absolute atomic E-state index is 0.00799. The molecule has 7 heteroatoms. The van der Waals surface area contributed by atoms with Crippen molar-refractivity contribution in [3.05, 3.63) is 28.8 Å². The van der Waals surface area contributed by atoms with Gasteiger partial charge >= 0.3 is 10.1 Å². The van der Waals surface area contributed by atoms with E-state index in [4.69, 9.17) is 15.8 Å². The van der Waals surface area contributed by atoms with Gasteiger partial charge < -0.3 is 9.08 Å². The molecule has 0 N–H and O–H groups in total. The zero-order valence-electron chi connectivity index (χ0n) is 14.9. The predicted octanol–water partition coefficient (Wildman–Crippen LogP) is 3.85. The lowest BCUT2D eigenvalue weighted by molar-refractivity contribution is -0.137. The molecule has 0 aliphatic rings. The highest BCUT2D eigenvalue weighted by atomic mass is 35.5. The Morgan fingerprint density at radius 2 is 1.88 bits per heavy atom. The normalized spacial score (nSPS) is 13.0. The second kappa shape index (κ2) is 8.72. The highest BCUT2D eigenvalue weighted by Crippen LogP contribution is 2.27. The zero-order valence-corrected chi connectivity index (χ0v) is 16.4. The van der Waals surface area contributed by atoms with E-state index in [1.165, 1.54) is 13.0 Å². The molecular weight excluding hydrogens is 350 g/mol. The van der Waals surface area contributed by atoms with Crippen LogP contribution in [0.15, 0.2) is 18.2 Å². The number of benzene rings is 1. The summed E-state index contributed by atoms with van der Waals surface area (Å²) < 4.78 is 28.7. The van der Waals surface area contributed by atoms with Crippen LogP contribution >= 0.6 is 11.6 Å². The van der Waals surface area contributed by atoms with Crippen molar-refractivity contribution in [3.63, 3.8) is 0 Å². The third-order valence-corrected chi connectivity index (χ3v) is 5.21. The lowest BCUT2D eigenvalue weighted by Gasteiger charge is -2.31. The first-order chi connectivity index (χ1) is 11.1. The maximum atomic E-state index is 12.5. The van der Waals surface area contributed by atoms with Gasteiger partial charge in [0.05, 0.1) is 5.75 Å². The van der Waals surface area contributed by atoms with Crippen LogP contribution in [0.4, 0.5) is 0 Å². The quantitative estimate of drug-likeness (QED) is 0.647. The van der Waals surface area contributed by atoms with E-state index in [1.807, 2.05) is 27.7 Å². The Morgan fingerprint density at radius 3 is 2.38 bits per heavy atom. The monoisotopic (exact) mass is 375 g/mol. The van der Waals surface area contributed by atoms with Crippen molar-refractivity contribution in [2.75, 3.05) is 5.75 Å². The molecule has 1 aromatic rings. The van der Waals surface area contributed by atoms with Crippen molar-refractivity contribution in [2.45, 2.75) is 53.6 Å². The van der Waals surface area contributed by atoms with Gasteiger partial charge in [-0.25, -0.2) is 0 Å². The Bertz CT molecular complexity index is 673. The maximum absolute atomic E-state index is 12.5. The summed E-state index contributed by atoms with van der Waals surface area (Å²) in [4.78, 5) is 14.3. The number of carbonyl (C=O) groups is 1. The first kappa shape index (κ1) is 20.8. The Balaban J connectivity index is 3.22. The first-order valence-electron chi connectivity index (χ1n) is 8.12. The van der Waals surface area contributed by atoms with Gasteiger partial charge in [0, 0.05) is 29.1 Å². The molecule has 0 spiro atoms. The maximum Gasteiger partial charge on any atom is 0.308 e. The molecule has 24 heavy (non-hydrogen) atoms. The van der Waals surface area contributed by atoms with Gasteiger partial charge in [0.2, 0.25) is 5.91 Å². The summed E-state index contributed by atoms with van der Waals surface area (Å²) in [7, 11) is -3.65. The highest BCUT2D eigenvalue weighted by molar-refractivity contribution is 7.87. The lowest BCUT2D eigenvalue weighted by atomic mass is 10.1. The van der Waals surface area contributed by atoms with E-state index in [0.717, 1.165) is 6.42 Å². The predicted molar refractivity (Wildman–Crippen MR) is 96.7 cm³/mol. The van der Waals surface area contributed by atoms with Gasteiger partial charge in [0.1, 0.15) is 5.75 Å². The number of amides is 1. The summed E-state index contributed by atoms with van der Waals surface area (Å²) in [6.45, 7) is 9.42. The molecule has 1 atom stereocenters. The molecule has 136 valence electrons. The van der Waals surface area contributed by atoms with E-state index >= 15 is 0 Å². The van der Waals surface area contributed by atoms with Crippen LogP contribution in [0.1, 0.15) is 46.6 Å². The van der Waals surface area contributed by atoms with E-state index in [1.54, 1.807) is 17.0 Å². The molecule has 0 aliphatic heterocycles. The van der Waals surface area contributed by atoms with E-state index in [-0.39, 0.29) is 35.9 Å². The molecule has 0 saturated carbocycles. The van der Waals surface area contributed by atoms with Crippen molar-refractivity contribution >= 4 is 27.6 Å². The summed E-state index contributed by atoms with van der Waals surface area (Å²) in [5.41, 5.74) is 0.578. The molecule has 1 aromatic carbocycles. The fourth-order valence-corrected chi connectivity index (χ4v) is 2.88. The third-order valence-electron chi connectivity index (χ3n) is 3.83. The molecule has 0 aliphatic carbocycles. The topological polar surface area (TPSA) is 63.7 Å². The van der Waals surface area contributed by atoms with Crippen LogP contribution in [0.25, 0.3) is 0 Å². The number of nitrogens with zero attached hydrogens (tertiary/aromatic N) is 1. The second-order valence-corrected chi connectivity index (χ2v) is 8.36.